The molecule has 0 saturated carbocycles. The van der Waals surface area contributed by atoms with E-state index in [0.29, 0.717) is 11.3 Å². The summed E-state index contributed by atoms with van der Waals surface area (Å²) in [5, 5.41) is 11.9. The van der Waals surface area contributed by atoms with Crippen molar-refractivity contribution in [3.05, 3.63) is 71.5 Å². The lowest BCUT2D eigenvalue weighted by atomic mass is 9.95. The minimum atomic E-state index is -4.55. The normalized spacial score (nSPS) is 12.4. The molecule has 3 rings (SSSR count). The lowest BCUT2D eigenvalue weighted by Crippen LogP contribution is -2.10. The zero-order chi connectivity index (χ0) is 21.2. The maximum atomic E-state index is 12.8. The molecule has 1 aromatic heterocycles. The Morgan fingerprint density at radius 1 is 1.10 bits per heavy atom. The van der Waals surface area contributed by atoms with E-state index in [1.165, 1.54) is 0 Å². The third kappa shape index (κ3) is 4.71. The molecule has 8 heteroatoms. The van der Waals surface area contributed by atoms with E-state index in [4.69, 9.17) is 5.11 Å². The molecule has 29 heavy (non-hydrogen) atoms. The number of alkyl halides is 3. The van der Waals surface area contributed by atoms with Crippen LogP contribution in [0, 0.1) is 6.92 Å². The summed E-state index contributed by atoms with van der Waals surface area (Å²) in [6.07, 6.45) is -3.50. The van der Waals surface area contributed by atoms with Crippen LogP contribution in [0.3, 0.4) is 0 Å². The average molecular weight is 401 g/mol. The minimum Gasteiger partial charge on any atom is -0.481 e. The third-order valence-electron chi connectivity index (χ3n) is 4.53. The van der Waals surface area contributed by atoms with Crippen LogP contribution in [-0.4, -0.2) is 21.0 Å². The number of hydrogen-bond acceptors (Lipinski definition) is 4. The highest BCUT2D eigenvalue weighted by atomic mass is 19.4. The second kappa shape index (κ2) is 7.90. The molecule has 0 fully saturated rings. The Hall–Kier alpha value is -3.42. The number of anilines is 2. The number of halogens is 3. The Morgan fingerprint density at radius 2 is 1.79 bits per heavy atom. The van der Waals surface area contributed by atoms with Crippen molar-refractivity contribution in [2.75, 3.05) is 5.32 Å². The fraction of sp³-hybridized carbons (Fsp3) is 0.190. The first-order chi connectivity index (χ1) is 13.6. The first kappa shape index (κ1) is 20.3. The molecule has 0 bridgehead atoms. The van der Waals surface area contributed by atoms with Gasteiger partial charge in [0.2, 0.25) is 5.95 Å². The standard InChI is InChI=1S/C21H18F3N3O2/c1-12-3-8-16(26-20-25-10-9-18(27-20)21(22,23)24)11-17(12)15-6-4-14(5-7-15)13(2)19(28)29/h3-11,13H,1-2H3,(H,28,29)(H,25,26,27). The Balaban J connectivity index is 1.88. The van der Waals surface area contributed by atoms with Crippen molar-refractivity contribution in [2.24, 2.45) is 0 Å². The summed E-state index contributed by atoms with van der Waals surface area (Å²) in [4.78, 5) is 18.5. The van der Waals surface area contributed by atoms with Gasteiger partial charge in [-0.15, -0.1) is 0 Å². The Morgan fingerprint density at radius 3 is 2.41 bits per heavy atom. The van der Waals surface area contributed by atoms with Crippen LogP contribution in [-0.2, 0) is 11.0 Å². The van der Waals surface area contributed by atoms with Gasteiger partial charge in [-0.05, 0) is 54.3 Å². The van der Waals surface area contributed by atoms with E-state index in [-0.39, 0.29) is 5.95 Å². The molecular weight excluding hydrogens is 383 g/mol. The smallest absolute Gasteiger partial charge is 0.433 e. The number of aryl methyl sites for hydroxylation is 1. The molecule has 0 aliphatic carbocycles. The predicted molar refractivity (Wildman–Crippen MR) is 103 cm³/mol. The van der Waals surface area contributed by atoms with E-state index in [9.17, 15) is 18.0 Å². The number of hydrogen-bond donors (Lipinski definition) is 2. The van der Waals surface area contributed by atoms with Crippen molar-refractivity contribution < 1.29 is 23.1 Å². The number of benzene rings is 2. The summed E-state index contributed by atoms with van der Waals surface area (Å²) < 4.78 is 38.5. The Bertz CT molecular complexity index is 1030. The van der Waals surface area contributed by atoms with Gasteiger partial charge in [-0.1, -0.05) is 30.3 Å². The summed E-state index contributed by atoms with van der Waals surface area (Å²) in [6.45, 7) is 3.52. The van der Waals surface area contributed by atoms with Crippen molar-refractivity contribution in [3.8, 4) is 11.1 Å². The van der Waals surface area contributed by atoms with Crippen LogP contribution in [0.15, 0.2) is 54.7 Å². The van der Waals surface area contributed by atoms with Crippen molar-refractivity contribution in [1.82, 2.24) is 9.97 Å². The lowest BCUT2D eigenvalue weighted by molar-refractivity contribution is -0.141. The maximum absolute atomic E-state index is 12.8. The zero-order valence-corrected chi connectivity index (χ0v) is 15.7. The zero-order valence-electron chi connectivity index (χ0n) is 15.7. The maximum Gasteiger partial charge on any atom is 0.433 e. The number of nitrogens with one attached hydrogen (secondary N) is 1. The molecule has 0 saturated heterocycles. The van der Waals surface area contributed by atoms with Crippen LogP contribution in [0.5, 0.6) is 0 Å². The van der Waals surface area contributed by atoms with Gasteiger partial charge in [0.25, 0.3) is 0 Å². The second-order valence-corrected chi connectivity index (χ2v) is 6.60. The second-order valence-electron chi connectivity index (χ2n) is 6.60. The molecule has 2 N–H and O–H groups in total. The van der Waals surface area contributed by atoms with Crippen LogP contribution in [0.1, 0.15) is 29.7 Å². The summed E-state index contributed by atoms with van der Waals surface area (Å²) >= 11 is 0. The fourth-order valence-corrected chi connectivity index (χ4v) is 2.81. The van der Waals surface area contributed by atoms with E-state index in [1.807, 2.05) is 25.1 Å². The molecule has 0 radical (unpaired) electrons. The molecular formula is C21H18F3N3O2. The Kier molecular flexibility index (Phi) is 5.54. The average Bonchev–Trinajstić information content (AvgIpc) is 2.68. The molecule has 0 aliphatic heterocycles. The molecule has 5 nitrogen and oxygen atoms in total. The third-order valence-corrected chi connectivity index (χ3v) is 4.53. The number of carbonyl (C=O) groups is 1. The van der Waals surface area contributed by atoms with Gasteiger partial charge in [-0.25, -0.2) is 9.97 Å². The molecule has 1 unspecified atom stereocenters. The van der Waals surface area contributed by atoms with Crippen LogP contribution >= 0.6 is 0 Å². The predicted octanol–water partition coefficient (Wildman–Crippen LogP) is 5.40. The van der Waals surface area contributed by atoms with E-state index < -0.39 is 23.8 Å². The largest absolute Gasteiger partial charge is 0.481 e. The van der Waals surface area contributed by atoms with Crippen molar-refractivity contribution in [2.45, 2.75) is 25.9 Å². The Labute approximate surface area is 165 Å². The summed E-state index contributed by atoms with van der Waals surface area (Å²) in [5.74, 6) is -1.67. The number of carboxylic acid groups (broad SMARTS) is 1. The van der Waals surface area contributed by atoms with Crippen LogP contribution in [0.2, 0.25) is 0 Å². The van der Waals surface area contributed by atoms with Crippen molar-refractivity contribution in [3.63, 3.8) is 0 Å². The summed E-state index contributed by atoms with van der Waals surface area (Å²) in [6, 6.07) is 13.3. The summed E-state index contributed by atoms with van der Waals surface area (Å²) in [7, 11) is 0. The fourth-order valence-electron chi connectivity index (χ4n) is 2.81. The van der Waals surface area contributed by atoms with Gasteiger partial charge in [0.15, 0.2) is 0 Å². The molecule has 150 valence electrons. The SMILES string of the molecule is Cc1ccc(Nc2nccc(C(F)(F)F)n2)cc1-c1ccc(C(C)C(=O)O)cc1. The highest BCUT2D eigenvalue weighted by molar-refractivity contribution is 5.77. The van der Waals surface area contributed by atoms with Crippen molar-refractivity contribution in [1.29, 1.82) is 0 Å². The first-order valence-corrected chi connectivity index (χ1v) is 8.76. The van der Waals surface area contributed by atoms with E-state index >= 15 is 0 Å². The highest BCUT2D eigenvalue weighted by Gasteiger charge is 2.32. The number of rotatable bonds is 5. The lowest BCUT2D eigenvalue weighted by Gasteiger charge is -2.13. The molecule has 1 atom stereocenters. The number of aliphatic carboxylic acids is 1. The monoisotopic (exact) mass is 401 g/mol. The van der Waals surface area contributed by atoms with Gasteiger partial charge < -0.3 is 10.4 Å². The first-order valence-electron chi connectivity index (χ1n) is 8.76. The minimum absolute atomic E-state index is 0.153. The van der Waals surface area contributed by atoms with Gasteiger partial charge in [-0.2, -0.15) is 13.2 Å². The van der Waals surface area contributed by atoms with Gasteiger partial charge in [0.05, 0.1) is 5.92 Å². The van der Waals surface area contributed by atoms with E-state index in [0.717, 1.165) is 29.0 Å². The van der Waals surface area contributed by atoms with Gasteiger partial charge in [-0.3, -0.25) is 4.79 Å². The molecule has 2 aromatic carbocycles. The molecule has 0 aliphatic rings. The number of aromatic nitrogens is 2. The molecule has 0 spiro atoms. The van der Waals surface area contributed by atoms with Crippen LogP contribution in [0.25, 0.3) is 11.1 Å². The van der Waals surface area contributed by atoms with Crippen molar-refractivity contribution >= 4 is 17.6 Å². The van der Waals surface area contributed by atoms with Gasteiger partial charge in [0, 0.05) is 11.9 Å². The van der Waals surface area contributed by atoms with Gasteiger partial charge >= 0.3 is 12.1 Å². The molecule has 0 amide bonds. The van der Waals surface area contributed by atoms with E-state index in [1.54, 1.807) is 31.2 Å². The molecule has 3 aromatic rings. The van der Waals surface area contributed by atoms with E-state index in [2.05, 4.69) is 15.3 Å². The number of nitrogens with zero attached hydrogens (tertiary/aromatic N) is 2. The topological polar surface area (TPSA) is 75.1 Å². The van der Waals surface area contributed by atoms with Crippen LogP contribution < -0.4 is 5.32 Å². The number of carboxylic acids is 1. The molecule has 1 heterocycles. The van der Waals surface area contributed by atoms with Gasteiger partial charge in [0.1, 0.15) is 5.69 Å². The summed E-state index contributed by atoms with van der Waals surface area (Å²) in [5.41, 5.74) is 2.87. The van der Waals surface area contributed by atoms with Crippen LogP contribution in [0.4, 0.5) is 24.8 Å². The highest BCUT2D eigenvalue weighted by Crippen LogP contribution is 2.30. The quantitative estimate of drug-likeness (QED) is 0.599.